The van der Waals surface area contributed by atoms with Crippen LogP contribution in [0.4, 0.5) is 17.6 Å². The molecule has 8 nitrogen and oxygen atoms in total. The number of hydrogen-bond acceptors (Lipinski definition) is 8. The molecule has 4 N–H and O–H groups in total. The van der Waals surface area contributed by atoms with Crippen molar-refractivity contribution in [3.63, 3.8) is 0 Å². The van der Waals surface area contributed by atoms with E-state index in [4.69, 9.17) is 5.73 Å². The van der Waals surface area contributed by atoms with E-state index >= 15 is 0 Å². The minimum atomic E-state index is -1.00. The summed E-state index contributed by atoms with van der Waals surface area (Å²) >= 11 is 0. The van der Waals surface area contributed by atoms with Gasteiger partial charge < -0.3 is 30.6 Å². The first-order chi connectivity index (χ1) is 11.4. The fourth-order valence-corrected chi connectivity index (χ4v) is 3.38. The van der Waals surface area contributed by atoms with E-state index in [1.165, 1.54) is 0 Å². The molecule has 8 heteroatoms. The third-order valence-electron chi connectivity index (χ3n) is 5.31. The molecule has 24 heavy (non-hydrogen) atoms. The first-order valence-electron chi connectivity index (χ1n) is 8.65. The topological polar surface area (TPSA) is 102 Å². The van der Waals surface area contributed by atoms with Gasteiger partial charge in [-0.15, -0.1) is 0 Å². The molecule has 0 aliphatic carbocycles. The second-order valence-electron chi connectivity index (χ2n) is 6.90. The van der Waals surface area contributed by atoms with Gasteiger partial charge in [-0.25, -0.2) is 0 Å². The van der Waals surface area contributed by atoms with Crippen LogP contribution in [0.25, 0.3) is 0 Å². The Kier molecular flexibility index (Phi) is 4.80. The highest BCUT2D eigenvalue weighted by molar-refractivity contribution is 5.54. The van der Waals surface area contributed by atoms with Gasteiger partial charge in [-0.3, -0.25) is 0 Å². The zero-order valence-corrected chi connectivity index (χ0v) is 14.5. The molecule has 1 aromatic rings. The minimum Gasteiger partial charge on any atom is -0.388 e. The number of aliphatic hydroxyl groups excluding tert-OH is 1. The number of aliphatic hydroxyl groups is 2. The Morgan fingerprint density at radius 3 is 2.38 bits per heavy atom. The summed E-state index contributed by atoms with van der Waals surface area (Å²) in [6.45, 7) is 6.68. The largest absolute Gasteiger partial charge is 0.388 e. The van der Waals surface area contributed by atoms with Crippen molar-refractivity contribution < 1.29 is 10.2 Å². The normalized spacial score (nSPS) is 29.1. The van der Waals surface area contributed by atoms with Gasteiger partial charge in [0.1, 0.15) is 17.7 Å². The molecule has 0 spiro atoms. The lowest BCUT2D eigenvalue weighted by Gasteiger charge is -2.42. The van der Waals surface area contributed by atoms with Crippen LogP contribution in [0.2, 0.25) is 0 Å². The number of piperidine rings is 1. The highest BCUT2D eigenvalue weighted by atomic mass is 16.3. The minimum absolute atomic E-state index is 0.243. The lowest BCUT2D eigenvalue weighted by Crippen LogP contribution is -2.55. The summed E-state index contributed by atoms with van der Waals surface area (Å²) in [5.74, 6) is 1.79. The standard InChI is InChI=1S/C16H28N6O2/c1-3-16(24)4-5-22(11-12(16)23)14-10-13(18-15(17)19-14)21-8-6-20(2)7-9-21/h10,12,23-24H,3-9,11H2,1-2H3,(H2,17,18,19)/t12-,16-/m1/s1. The van der Waals surface area contributed by atoms with Crippen molar-refractivity contribution in [2.45, 2.75) is 31.5 Å². The van der Waals surface area contributed by atoms with E-state index in [0.29, 0.717) is 31.7 Å². The number of nitrogens with two attached hydrogens (primary N) is 1. The number of aromatic nitrogens is 2. The van der Waals surface area contributed by atoms with E-state index in [2.05, 4.69) is 26.8 Å². The molecule has 2 atom stereocenters. The molecule has 0 bridgehead atoms. The van der Waals surface area contributed by atoms with Gasteiger partial charge in [-0.05, 0) is 19.9 Å². The molecule has 0 radical (unpaired) electrons. The molecule has 0 amide bonds. The maximum Gasteiger partial charge on any atom is 0.223 e. The molecule has 0 saturated carbocycles. The van der Waals surface area contributed by atoms with E-state index in [1.807, 2.05) is 17.9 Å². The summed E-state index contributed by atoms with van der Waals surface area (Å²) in [6, 6.07) is 1.94. The Hall–Kier alpha value is -1.64. The zero-order valence-electron chi connectivity index (χ0n) is 14.5. The predicted octanol–water partition coefficient (Wildman–Crippen LogP) is -0.477. The summed E-state index contributed by atoms with van der Waals surface area (Å²) in [5.41, 5.74) is 4.91. The monoisotopic (exact) mass is 336 g/mol. The highest BCUT2D eigenvalue weighted by Gasteiger charge is 2.39. The lowest BCUT2D eigenvalue weighted by molar-refractivity contribution is -0.0879. The quantitative estimate of drug-likeness (QED) is 0.680. The molecule has 2 aliphatic rings. The summed E-state index contributed by atoms with van der Waals surface area (Å²) in [7, 11) is 2.11. The van der Waals surface area contributed by atoms with Crippen LogP contribution < -0.4 is 15.5 Å². The van der Waals surface area contributed by atoms with Gasteiger partial charge in [0.25, 0.3) is 0 Å². The SMILES string of the molecule is CC[C@@]1(O)CCN(c2cc(N3CCN(C)CC3)nc(N)n2)C[C@H]1O. The third kappa shape index (κ3) is 3.40. The van der Waals surface area contributed by atoms with Gasteiger partial charge in [0.05, 0.1) is 5.60 Å². The Labute approximate surface area is 142 Å². The van der Waals surface area contributed by atoms with Gasteiger partial charge in [0.15, 0.2) is 0 Å². The molecule has 2 saturated heterocycles. The van der Waals surface area contributed by atoms with Crippen LogP contribution in [0, 0.1) is 0 Å². The number of nitrogen functional groups attached to an aromatic ring is 1. The van der Waals surface area contributed by atoms with Crippen LogP contribution in [0.15, 0.2) is 6.07 Å². The molecule has 2 aliphatic heterocycles. The van der Waals surface area contributed by atoms with Gasteiger partial charge >= 0.3 is 0 Å². The van der Waals surface area contributed by atoms with Crippen LogP contribution in [0.1, 0.15) is 19.8 Å². The van der Waals surface area contributed by atoms with E-state index in [1.54, 1.807) is 0 Å². The zero-order chi connectivity index (χ0) is 17.3. The fraction of sp³-hybridized carbons (Fsp3) is 0.750. The molecule has 0 unspecified atom stereocenters. The number of rotatable bonds is 3. The number of hydrogen-bond donors (Lipinski definition) is 3. The summed E-state index contributed by atoms with van der Waals surface area (Å²) in [6.07, 6.45) is 0.262. The third-order valence-corrected chi connectivity index (χ3v) is 5.31. The molecular weight excluding hydrogens is 308 g/mol. The Bertz CT molecular complexity index is 578. The van der Waals surface area contributed by atoms with Crippen molar-refractivity contribution in [2.75, 3.05) is 61.8 Å². The first-order valence-corrected chi connectivity index (χ1v) is 8.65. The Balaban J connectivity index is 1.77. The van der Waals surface area contributed by atoms with Crippen molar-refractivity contribution in [1.29, 1.82) is 0 Å². The predicted molar refractivity (Wildman–Crippen MR) is 94.2 cm³/mol. The van der Waals surface area contributed by atoms with Gasteiger partial charge in [0.2, 0.25) is 5.95 Å². The van der Waals surface area contributed by atoms with Crippen molar-refractivity contribution in [1.82, 2.24) is 14.9 Å². The number of anilines is 3. The van der Waals surface area contributed by atoms with Crippen molar-refractivity contribution >= 4 is 17.6 Å². The Morgan fingerprint density at radius 2 is 1.79 bits per heavy atom. The Morgan fingerprint density at radius 1 is 1.17 bits per heavy atom. The van der Waals surface area contributed by atoms with Crippen LogP contribution in [-0.4, -0.2) is 83.1 Å². The molecular formula is C16H28N6O2. The smallest absolute Gasteiger partial charge is 0.223 e. The number of piperazine rings is 1. The van der Waals surface area contributed by atoms with E-state index < -0.39 is 11.7 Å². The second-order valence-corrected chi connectivity index (χ2v) is 6.90. The maximum absolute atomic E-state index is 10.4. The van der Waals surface area contributed by atoms with Crippen molar-refractivity contribution in [3.05, 3.63) is 6.07 Å². The summed E-state index contributed by atoms with van der Waals surface area (Å²) < 4.78 is 0. The highest BCUT2D eigenvalue weighted by Crippen LogP contribution is 2.30. The molecule has 3 rings (SSSR count). The van der Waals surface area contributed by atoms with Crippen molar-refractivity contribution in [2.24, 2.45) is 0 Å². The van der Waals surface area contributed by atoms with E-state index in [0.717, 1.165) is 32.0 Å². The molecule has 3 heterocycles. The molecule has 0 aromatic carbocycles. The fourth-order valence-electron chi connectivity index (χ4n) is 3.38. The first kappa shape index (κ1) is 17.2. The number of likely N-dealkylation sites (N-methyl/N-ethyl adjacent to an activating group) is 1. The average molecular weight is 336 g/mol. The van der Waals surface area contributed by atoms with E-state index in [-0.39, 0.29) is 5.95 Å². The molecule has 134 valence electrons. The van der Waals surface area contributed by atoms with Gasteiger partial charge in [-0.1, -0.05) is 6.92 Å². The van der Waals surface area contributed by atoms with Gasteiger partial charge in [0, 0.05) is 45.3 Å². The molecule has 2 fully saturated rings. The number of nitrogens with zero attached hydrogens (tertiary/aromatic N) is 5. The average Bonchev–Trinajstić information content (AvgIpc) is 2.57. The van der Waals surface area contributed by atoms with Crippen LogP contribution in [0.5, 0.6) is 0 Å². The molecule has 1 aromatic heterocycles. The number of β-amino-alcohol motifs (C(OH)–C–C–N with tert-alkyl or cyclic N) is 1. The van der Waals surface area contributed by atoms with Gasteiger partial charge in [-0.2, -0.15) is 9.97 Å². The lowest BCUT2D eigenvalue weighted by atomic mass is 9.86. The van der Waals surface area contributed by atoms with Crippen LogP contribution >= 0.6 is 0 Å². The second kappa shape index (κ2) is 6.70. The maximum atomic E-state index is 10.4. The van der Waals surface area contributed by atoms with Crippen LogP contribution in [-0.2, 0) is 0 Å². The summed E-state index contributed by atoms with van der Waals surface area (Å²) in [5, 5.41) is 20.7. The van der Waals surface area contributed by atoms with Crippen LogP contribution in [0.3, 0.4) is 0 Å². The van der Waals surface area contributed by atoms with Crippen molar-refractivity contribution in [3.8, 4) is 0 Å². The summed E-state index contributed by atoms with van der Waals surface area (Å²) in [4.78, 5) is 15.2. The van der Waals surface area contributed by atoms with E-state index in [9.17, 15) is 10.2 Å².